The first-order valence-corrected chi connectivity index (χ1v) is 9.01. The summed E-state index contributed by atoms with van der Waals surface area (Å²) < 4.78 is 5.56. The number of nitrogens with one attached hydrogen (secondary N) is 2. The zero-order valence-electron chi connectivity index (χ0n) is 15.5. The van der Waals surface area contributed by atoms with Gasteiger partial charge in [0.1, 0.15) is 12.0 Å². The normalized spacial score (nSPS) is 11.8. The van der Waals surface area contributed by atoms with E-state index in [1.54, 1.807) is 6.26 Å². The molecule has 6 nitrogen and oxygen atoms in total. The second-order valence-electron chi connectivity index (χ2n) is 5.66. The van der Waals surface area contributed by atoms with Crippen LogP contribution in [-0.2, 0) is 6.54 Å². The van der Waals surface area contributed by atoms with Crippen LogP contribution in [0.2, 0.25) is 0 Å². The van der Waals surface area contributed by atoms with Gasteiger partial charge in [-0.2, -0.15) is 0 Å². The highest BCUT2D eigenvalue weighted by Gasteiger charge is 2.06. The van der Waals surface area contributed by atoms with E-state index in [2.05, 4.69) is 46.3 Å². The van der Waals surface area contributed by atoms with Gasteiger partial charge in [0.05, 0.1) is 6.54 Å². The molecule has 0 amide bonds. The number of rotatable bonds is 9. The second kappa shape index (κ2) is 10.5. The van der Waals surface area contributed by atoms with Crippen LogP contribution in [0.25, 0.3) is 11.5 Å². The molecule has 0 unspecified atom stereocenters. The van der Waals surface area contributed by atoms with Crippen molar-refractivity contribution in [3.8, 4) is 11.5 Å². The number of aliphatic imine (C=N–C) groups is 1. The van der Waals surface area contributed by atoms with Gasteiger partial charge in [0.2, 0.25) is 5.89 Å². The number of hydrogen-bond acceptors (Lipinski definition) is 4. The lowest BCUT2D eigenvalue weighted by atomic mass is 10.2. The van der Waals surface area contributed by atoms with Crippen molar-refractivity contribution >= 4 is 5.96 Å². The first-order chi connectivity index (χ1) is 12.3. The Morgan fingerprint density at radius 2 is 1.88 bits per heavy atom. The third-order valence-corrected chi connectivity index (χ3v) is 3.93. The molecule has 1 aromatic carbocycles. The standard InChI is InChI=1S/C19H29N5O/c1-4-20-19(21-12-13-24(5-2)6-3)22-14-17-15-25-18(23-17)16-10-8-7-9-11-16/h7-11,15H,4-6,12-14H2,1-3H3,(H2,20,21,22). The third-order valence-electron chi connectivity index (χ3n) is 3.93. The molecule has 2 N–H and O–H groups in total. The molecule has 25 heavy (non-hydrogen) atoms. The van der Waals surface area contributed by atoms with Crippen LogP contribution in [0.1, 0.15) is 26.5 Å². The van der Waals surface area contributed by atoms with Crippen LogP contribution in [0.15, 0.2) is 46.0 Å². The summed E-state index contributed by atoms with van der Waals surface area (Å²) in [5, 5.41) is 6.63. The maximum atomic E-state index is 5.56. The van der Waals surface area contributed by atoms with E-state index in [9.17, 15) is 0 Å². The molecule has 6 heteroatoms. The van der Waals surface area contributed by atoms with Crippen LogP contribution in [-0.4, -0.2) is 48.6 Å². The van der Waals surface area contributed by atoms with E-state index in [1.165, 1.54) is 0 Å². The predicted molar refractivity (Wildman–Crippen MR) is 103 cm³/mol. The fourth-order valence-electron chi connectivity index (χ4n) is 2.47. The lowest BCUT2D eigenvalue weighted by Crippen LogP contribution is -2.41. The van der Waals surface area contributed by atoms with Gasteiger partial charge in [-0.15, -0.1) is 0 Å². The zero-order valence-corrected chi connectivity index (χ0v) is 15.5. The largest absolute Gasteiger partial charge is 0.444 e. The molecular weight excluding hydrogens is 314 g/mol. The Hall–Kier alpha value is -2.34. The van der Waals surface area contributed by atoms with E-state index in [-0.39, 0.29) is 0 Å². The Morgan fingerprint density at radius 1 is 1.12 bits per heavy atom. The van der Waals surface area contributed by atoms with Crippen molar-refractivity contribution in [2.45, 2.75) is 27.3 Å². The molecule has 0 bridgehead atoms. The Bertz CT molecular complexity index is 634. The molecule has 0 atom stereocenters. The summed E-state index contributed by atoms with van der Waals surface area (Å²) in [6.07, 6.45) is 1.67. The number of hydrogen-bond donors (Lipinski definition) is 2. The number of nitrogens with zero attached hydrogens (tertiary/aromatic N) is 3. The predicted octanol–water partition coefficient (Wildman–Crippen LogP) is 2.74. The lowest BCUT2D eigenvalue weighted by Gasteiger charge is -2.19. The van der Waals surface area contributed by atoms with Gasteiger partial charge < -0.3 is 20.0 Å². The first kappa shape index (κ1) is 19.0. The van der Waals surface area contributed by atoms with Crippen LogP contribution >= 0.6 is 0 Å². The van der Waals surface area contributed by atoms with Crippen molar-refractivity contribution in [2.24, 2.45) is 4.99 Å². The minimum Gasteiger partial charge on any atom is -0.444 e. The first-order valence-electron chi connectivity index (χ1n) is 9.01. The Balaban J connectivity index is 1.91. The summed E-state index contributed by atoms with van der Waals surface area (Å²) in [6.45, 7) is 11.7. The lowest BCUT2D eigenvalue weighted by molar-refractivity contribution is 0.308. The smallest absolute Gasteiger partial charge is 0.226 e. The number of aromatic nitrogens is 1. The second-order valence-corrected chi connectivity index (χ2v) is 5.66. The number of benzene rings is 1. The highest BCUT2D eigenvalue weighted by atomic mass is 16.3. The monoisotopic (exact) mass is 343 g/mol. The minimum atomic E-state index is 0.483. The van der Waals surface area contributed by atoms with Gasteiger partial charge in [-0.25, -0.2) is 9.98 Å². The SMILES string of the molecule is CCNC(=NCc1coc(-c2ccccc2)n1)NCCN(CC)CC. The van der Waals surface area contributed by atoms with Gasteiger partial charge in [-0.05, 0) is 32.1 Å². The third kappa shape index (κ3) is 6.23. The molecular formula is C19H29N5O. The molecule has 0 saturated carbocycles. The fraction of sp³-hybridized carbons (Fsp3) is 0.474. The van der Waals surface area contributed by atoms with Crippen LogP contribution in [0.5, 0.6) is 0 Å². The van der Waals surface area contributed by atoms with Crippen molar-refractivity contribution in [1.29, 1.82) is 0 Å². The van der Waals surface area contributed by atoms with E-state index in [0.29, 0.717) is 12.4 Å². The molecule has 0 aliphatic rings. The van der Waals surface area contributed by atoms with Crippen molar-refractivity contribution in [2.75, 3.05) is 32.7 Å². The number of guanidine groups is 1. The molecule has 1 heterocycles. The van der Waals surface area contributed by atoms with Crippen molar-refractivity contribution in [3.63, 3.8) is 0 Å². The Kier molecular flexibility index (Phi) is 7.98. The molecule has 0 saturated heterocycles. The maximum Gasteiger partial charge on any atom is 0.226 e. The zero-order chi connectivity index (χ0) is 17.9. The molecule has 1 aromatic heterocycles. The van der Waals surface area contributed by atoms with Gasteiger partial charge >= 0.3 is 0 Å². The van der Waals surface area contributed by atoms with Gasteiger partial charge in [0, 0.05) is 25.2 Å². The fourth-order valence-corrected chi connectivity index (χ4v) is 2.47. The summed E-state index contributed by atoms with van der Waals surface area (Å²) in [6, 6.07) is 9.89. The summed E-state index contributed by atoms with van der Waals surface area (Å²) in [7, 11) is 0. The Labute approximate surface area is 150 Å². The summed E-state index contributed by atoms with van der Waals surface area (Å²) in [4.78, 5) is 11.5. The molecule has 2 rings (SSSR count). The van der Waals surface area contributed by atoms with E-state index in [0.717, 1.165) is 49.9 Å². The van der Waals surface area contributed by atoms with Gasteiger partial charge in [-0.3, -0.25) is 0 Å². The summed E-state index contributed by atoms with van der Waals surface area (Å²) in [5.74, 6) is 1.43. The molecule has 0 spiro atoms. The minimum absolute atomic E-state index is 0.483. The average molecular weight is 343 g/mol. The maximum absolute atomic E-state index is 5.56. The number of likely N-dealkylation sites (N-methyl/N-ethyl adjacent to an activating group) is 1. The number of oxazole rings is 1. The van der Waals surface area contributed by atoms with Gasteiger partial charge in [-0.1, -0.05) is 32.0 Å². The van der Waals surface area contributed by atoms with Crippen molar-refractivity contribution in [1.82, 2.24) is 20.5 Å². The highest BCUT2D eigenvalue weighted by Crippen LogP contribution is 2.18. The molecule has 0 radical (unpaired) electrons. The van der Waals surface area contributed by atoms with Crippen LogP contribution in [0.4, 0.5) is 0 Å². The van der Waals surface area contributed by atoms with Gasteiger partial charge in [0.25, 0.3) is 0 Å². The van der Waals surface area contributed by atoms with Gasteiger partial charge in [0.15, 0.2) is 5.96 Å². The van der Waals surface area contributed by atoms with E-state index in [4.69, 9.17) is 4.42 Å². The van der Waals surface area contributed by atoms with Crippen molar-refractivity contribution < 1.29 is 4.42 Å². The van der Waals surface area contributed by atoms with Crippen LogP contribution in [0.3, 0.4) is 0 Å². The highest BCUT2D eigenvalue weighted by molar-refractivity contribution is 5.79. The molecule has 0 fully saturated rings. The summed E-state index contributed by atoms with van der Waals surface area (Å²) in [5.41, 5.74) is 1.79. The van der Waals surface area contributed by atoms with Crippen LogP contribution < -0.4 is 10.6 Å². The van der Waals surface area contributed by atoms with Crippen molar-refractivity contribution in [3.05, 3.63) is 42.3 Å². The topological polar surface area (TPSA) is 65.7 Å². The average Bonchev–Trinajstić information content (AvgIpc) is 3.13. The summed E-state index contributed by atoms with van der Waals surface area (Å²) >= 11 is 0. The van der Waals surface area contributed by atoms with E-state index < -0.39 is 0 Å². The van der Waals surface area contributed by atoms with Crippen LogP contribution in [0, 0.1) is 0 Å². The van der Waals surface area contributed by atoms with E-state index >= 15 is 0 Å². The quantitative estimate of drug-likeness (QED) is 0.541. The Morgan fingerprint density at radius 3 is 2.56 bits per heavy atom. The molecule has 0 aliphatic heterocycles. The molecule has 0 aliphatic carbocycles. The van der Waals surface area contributed by atoms with E-state index in [1.807, 2.05) is 30.3 Å². The molecule has 2 aromatic rings. The molecule has 136 valence electrons.